The normalized spacial score (nSPS) is 28.1. The van der Waals surface area contributed by atoms with Crippen LogP contribution >= 0.6 is 11.3 Å². The van der Waals surface area contributed by atoms with Gasteiger partial charge in [-0.3, -0.25) is 14.4 Å². The topological polar surface area (TPSA) is 97.0 Å². The van der Waals surface area contributed by atoms with E-state index in [-0.39, 0.29) is 23.8 Å². The van der Waals surface area contributed by atoms with E-state index in [9.17, 15) is 14.4 Å². The summed E-state index contributed by atoms with van der Waals surface area (Å²) < 4.78 is 12.3. The fraction of sp³-hybridized carbons (Fsp3) is 0.364. The van der Waals surface area contributed by atoms with E-state index in [1.54, 1.807) is 40.5 Å². The van der Waals surface area contributed by atoms with Gasteiger partial charge in [-0.2, -0.15) is 0 Å². The number of ether oxygens (including phenoxy) is 2. The zero-order valence-electron chi connectivity index (χ0n) is 23.1. The Bertz CT molecular complexity index is 1490. The van der Waals surface area contributed by atoms with E-state index in [0.29, 0.717) is 18.0 Å². The molecule has 1 aliphatic carbocycles. The summed E-state index contributed by atoms with van der Waals surface area (Å²) in [5.41, 5.74) is -0.582. The van der Waals surface area contributed by atoms with Crippen LogP contribution in [0.3, 0.4) is 0 Å². The van der Waals surface area contributed by atoms with Gasteiger partial charge in [0.15, 0.2) is 0 Å². The number of nitrogens with one attached hydrogen (secondary N) is 2. The van der Waals surface area contributed by atoms with E-state index in [4.69, 9.17) is 9.47 Å². The van der Waals surface area contributed by atoms with Crippen molar-refractivity contribution in [2.75, 3.05) is 5.32 Å². The van der Waals surface area contributed by atoms with Crippen LogP contribution in [0.1, 0.15) is 37.0 Å². The number of benzene rings is 2. The predicted molar refractivity (Wildman–Crippen MR) is 159 cm³/mol. The van der Waals surface area contributed by atoms with Gasteiger partial charge < -0.3 is 25.0 Å². The van der Waals surface area contributed by atoms with Crippen LogP contribution in [0.2, 0.25) is 0 Å². The van der Waals surface area contributed by atoms with Crippen molar-refractivity contribution in [3.05, 3.63) is 89.1 Å². The third kappa shape index (κ3) is 4.80. The molecule has 3 amide bonds. The fourth-order valence-corrected chi connectivity index (χ4v) is 7.69. The first kappa shape index (κ1) is 26.9. The highest BCUT2D eigenvalue weighted by molar-refractivity contribution is 7.09. The van der Waals surface area contributed by atoms with Crippen molar-refractivity contribution in [1.82, 2.24) is 10.2 Å². The summed E-state index contributed by atoms with van der Waals surface area (Å²) in [5.74, 6) is -0.881. The fourth-order valence-electron chi connectivity index (χ4n) is 6.99. The average Bonchev–Trinajstić information content (AvgIpc) is 3.78. The summed E-state index contributed by atoms with van der Waals surface area (Å²) in [6.45, 7) is 0.302. The summed E-state index contributed by atoms with van der Waals surface area (Å²) in [6, 6.07) is 19.7. The van der Waals surface area contributed by atoms with Crippen molar-refractivity contribution >= 4 is 34.7 Å². The van der Waals surface area contributed by atoms with Crippen LogP contribution in [0.15, 0.2) is 84.3 Å². The Hall–Kier alpha value is -3.95. The van der Waals surface area contributed by atoms with Gasteiger partial charge in [-0.15, -0.1) is 11.3 Å². The monoisotopic (exact) mass is 583 g/mol. The number of carbonyl (C=O) groups is 3. The van der Waals surface area contributed by atoms with E-state index in [1.165, 1.54) is 6.42 Å². The summed E-state index contributed by atoms with van der Waals surface area (Å²) in [6.07, 6.45) is 8.36. The molecule has 7 rings (SSSR count). The first-order valence-electron chi connectivity index (χ1n) is 14.7. The minimum atomic E-state index is -1.17. The van der Waals surface area contributed by atoms with Crippen molar-refractivity contribution in [2.24, 2.45) is 11.8 Å². The molecule has 3 aromatic rings. The molecule has 1 spiro atoms. The molecule has 4 heterocycles. The molecule has 42 heavy (non-hydrogen) atoms. The Balaban J connectivity index is 1.12. The second-order valence-electron chi connectivity index (χ2n) is 11.5. The minimum absolute atomic E-state index is 0.0934. The van der Waals surface area contributed by atoms with Gasteiger partial charge in [-0.25, -0.2) is 0 Å². The molecule has 5 atom stereocenters. The maximum atomic E-state index is 14.1. The summed E-state index contributed by atoms with van der Waals surface area (Å²) in [4.78, 5) is 44.4. The molecule has 2 bridgehead atoms. The minimum Gasteiger partial charge on any atom is -0.457 e. The number of rotatable bonds is 8. The number of anilines is 1. The number of nitrogens with zero attached hydrogens (tertiary/aromatic N) is 1. The van der Waals surface area contributed by atoms with Gasteiger partial charge >= 0.3 is 0 Å². The van der Waals surface area contributed by atoms with Gasteiger partial charge in [0.25, 0.3) is 0 Å². The third-order valence-electron chi connectivity index (χ3n) is 8.88. The van der Waals surface area contributed by atoms with Crippen molar-refractivity contribution in [1.29, 1.82) is 0 Å². The zero-order chi connectivity index (χ0) is 28.7. The molecule has 5 unspecified atom stereocenters. The predicted octanol–water partition coefficient (Wildman–Crippen LogP) is 5.28. The van der Waals surface area contributed by atoms with Gasteiger partial charge in [-0.05, 0) is 60.7 Å². The van der Waals surface area contributed by atoms with Gasteiger partial charge in [0, 0.05) is 16.6 Å². The van der Waals surface area contributed by atoms with Crippen molar-refractivity contribution < 1.29 is 23.9 Å². The summed E-state index contributed by atoms with van der Waals surface area (Å²) >= 11 is 1.54. The standard InChI is InChI=1S/C33H33N3O5S/c37-30(34-22-13-15-24(16-14-22)40-23-10-5-2-6-11-23)27-26-17-18-33(41-26)28(27)32(39)36(20-25-12-7-19-42-25)29(33)31(38)35-21-8-3-1-4-9-21/h2,5-7,10-19,21,26-29H,1,3-4,8-9,20H2,(H,34,37)(H,35,38). The number of hydrogen-bond donors (Lipinski definition) is 2. The number of carbonyl (C=O) groups excluding carboxylic acids is 3. The van der Waals surface area contributed by atoms with Crippen molar-refractivity contribution in [3.8, 4) is 11.5 Å². The molecule has 1 aromatic heterocycles. The first-order chi connectivity index (χ1) is 20.5. The molecule has 0 radical (unpaired) electrons. The third-order valence-corrected chi connectivity index (χ3v) is 9.74. The number of para-hydroxylation sites is 1. The lowest BCUT2D eigenvalue weighted by Gasteiger charge is -2.34. The smallest absolute Gasteiger partial charge is 0.246 e. The number of likely N-dealkylation sites (tertiary alicyclic amines) is 1. The number of amides is 3. The largest absolute Gasteiger partial charge is 0.457 e. The maximum Gasteiger partial charge on any atom is 0.246 e. The van der Waals surface area contributed by atoms with Crippen molar-refractivity contribution in [3.63, 3.8) is 0 Å². The van der Waals surface area contributed by atoms with E-state index in [2.05, 4.69) is 10.6 Å². The van der Waals surface area contributed by atoms with Crippen LogP contribution in [0.5, 0.6) is 11.5 Å². The number of thiophene rings is 1. The molecule has 2 aromatic carbocycles. The lowest BCUT2D eigenvalue weighted by atomic mass is 9.74. The highest BCUT2D eigenvalue weighted by atomic mass is 32.1. The van der Waals surface area contributed by atoms with E-state index >= 15 is 0 Å². The van der Waals surface area contributed by atoms with Crippen LogP contribution < -0.4 is 15.4 Å². The molecule has 3 aliphatic heterocycles. The molecule has 3 fully saturated rings. The van der Waals surface area contributed by atoms with Gasteiger partial charge in [0.1, 0.15) is 23.1 Å². The molecule has 2 saturated heterocycles. The molecule has 8 nitrogen and oxygen atoms in total. The van der Waals surface area contributed by atoms with E-state index in [1.807, 2.05) is 60.0 Å². The van der Waals surface area contributed by atoms with Crippen molar-refractivity contribution in [2.45, 2.75) is 62.4 Å². The van der Waals surface area contributed by atoms with Crippen LogP contribution in [0.25, 0.3) is 0 Å². The van der Waals surface area contributed by atoms with Gasteiger partial charge in [-0.1, -0.05) is 55.7 Å². The van der Waals surface area contributed by atoms with E-state index < -0.39 is 29.6 Å². The number of fused-ring (bicyclic) bond motifs is 1. The molecule has 4 aliphatic rings. The Morgan fingerprint density at radius 3 is 2.45 bits per heavy atom. The Morgan fingerprint density at radius 2 is 1.71 bits per heavy atom. The molecule has 9 heteroatoms. The molecule has 1 saturated carbocycles. The van der Waals surface area contributed by atoms with Gasteiger partial charge in [0.05, 0.1) is 24.5 Å². The van der Waals surface area contributed by atoms with Crippen LogP contribution in [-0.4, -0.2) is 46.4 Å². The summed E-state index contributed by atoms with van der Waals surface area (Å²) in [7, 11) is 0. The Morgan fingerprint density at radius 1 is 0.952 bits per heavy atom. The highest BCUT2D eigenvalue weighted by Gasteiger charge is 2.72. The zero-order valence-corrected chi connectivity index (χ0v) is 23.9. The average molecular weight is 584 g/mol. The Labute approximate surface area is 248 Å². The molecule has 216 valence electrons. The Kier molecular flexibility index (Phi) is 7.07. The van der Waals surface area contributed by atoms with Crippen LogP contribution in [-0.2, 0) is 25.7 Å². The lowest BCUT2D eigenvalue weighted by molar-refractivity contribution is -0.142. The maximum absolute atomic E-state index is 14.1. The quantitative estimate of drug-likeness (QED) is 0.352. The van der Waals surface area contributed by atoms with E-state index in [0.717, 1.165) is 36.3 Å². The second-order valence-corrected chi connectivity index (χ2v) is 12.6. The lowest BCUT2D eigenvalue weighted by Crippen LogP contribution is -2.56. The SMILES string of the molecule is O=C(Nc1ccc(Oc2ccccc2)cc1)C1C2C=CC3(O2)C1C(=O)N(Cc1cccs1)C3C(=O)NC1CCCCC1. The van der Waals surface area contributed by atoms with Crippen LogP contribution in [0.4, 0.5) is 5.69 Å². The highest BCUT2D eigenvalue weighted by Crippen LogP contribution is 2.55. The summed E-state index contributed by atoms with van der Waals surface area (Å²) in [5, 5.41) is 8.17. The molecule has 2 N–H and O–H groups in total. The molecular weight excluding hydrogens is 550 g/mol. The second kappa shape index (κ2) is 11.0. The first-order valence-corrected chi connectivity index (χ1v) is 15.5. The van der Waals surface area contributed by atoms with Gasteiger partial charge in [0.2, 0.25) is 17.7 Å². The number of hydrogen-bond acceptors (Lipinski definition) is 6. The van der Waals surface area contributed by atoms with Crippen LogP contribution in [0, 0.1) is 11.8 Å². The molecular formula is C33H33N3O5S.